The van der Waals surface area contributed by atoms with E-state index in [0.29, 0.717) is 18.7 Å². The van der Waals surface area contributed by atoms with Crippen LogP contribution in [-0.4, -0.2) is 20.4 Å². The molecule has 164 valence electrons. The number of rotatable bonds is 7. The van der Waals surface area contributed by atoms with E-state index in [1.54, 1.807) is 17.5 Å². The third-order valence-electron chi connectivity index (χ3n) is 5.48. The first-order chi connectivity index (χ1) is 15.4. The maximum absolute atomic E-state index is 12.8. The van der Waals surface area contributed by atoms with Crippen LogP contribution in [0, 0.1) is 13.8 Å². The number of carbonyl (C=O) groups is 1. The van der Waals surface area contributed by atoms with Crippen LogP contribution in [0.15, 0.2) is 60.1 Å². The van der Waals surface area contributed by atoms with Gasteiger partial charge in [0.1, 0.15) is 5.01 Å². The molecular weight excluding hydrogens is 418 g/mol. The molecule has 32 heavy (non-hydrogen) atoms. The van der Waals surface area contributed by atoms with Crippen molar-refractivity contribution in [1.29, 1.82) is 0 Å². The van der Waals surface area contributed by atoms with Gasteiger partial charge in [-0.1, -0.05) is 36.4 Å². The van der Waals surface area contributed by atoms with E-state index in [4.69, 9.17) is 10.7 Å². The van der Waals surface area contributed by atoms with Crippen molar-refractivity contribution in [1.82, 2.24) is 19.9 Å². The van der Waals surface area contributed by atoms with Crippen molar-refractivity contribution >= 4 is 17.2 Å². The minimum absolute atomic E-state index is 0.0936. The van der Waals surface area contributed by atoms with E-state index in [9.17, 15) is 4.79 Å². The molecule has 4 aromatic rings. The first-order valence-electron chi connectivity index (χ1n) is 10.6. The van der Waals surface area contributed by atoms with Gasteiger partial charge in [0, 0.05) is 41.1 Å². The van der Waals surface area contributed by atoms with Crippen LogP contribution in [0.1, 0.15) is 51.7 Å². The Labute approximate surface area is 192 Å². The number of aromatic nitrogens is 3. The normalized spacial score (nSPS) is 12.0. The van der Waals surface area contributed by atoms with Crippen LogP contribution < -0.4 is 11.1 Å². The summed E-state index contributed by atoms with van der Waals surface area (Å²) in [7, 11) is 0. The molecule has 0 aliphatic heterocycles. The van der Waals surface area contributed by atoms with Crippen molar-refractivity contribution in [2.45, 2.75) is 39.9 Å². The Bertz CT molecular complexity index is 1210. The van der Waals surface area contributed by atoms with E-state index in [0.717, 1.165) is 38.9 Å². The van der Waals surface area contributed by atoms with Crippen molar-refractivity contribution in [2.75, 3.05) is 0 Å². The van der Waals surface area contributed by atoms with Gasteiger partial charge in [-0.05, 0) is 38.5 Å². The molecule has 4 rings (SSSR count). The molecule has 1 atom stereocenters. The molecule has 0 aliphatic rings. The Morgan fingerprint density at radius 1 is 1.19 bits per heavy atom. The fourth-order valence-corrected chi connectivity index (χ4v) is 4.43. The molecule has 3 N–H and O–H groups in total. The summed E-state index contributed by atoms with van der Waals surface area (Å²) in [5.74, 6) is -0.0936. The van der Waals surface area contributed by atoms with E-state index in [2.05, 4.69) is 32.4 Å². The monoisotopic (exact) mass is 445 g/mol. The first-order valence-corrected chi connectivity index (χ1v) is 11.5. The molecule has 7 heteroatoms. The van der Waals surface area contributed by atoms with Gasteiger partial charge in [0.15, 0.2) is 0 Å². The summed E-state index contributed by atoms with van der Waals surface area (Å²) in [5, 5.41) is 6.09. The predicted octanol–water partition coefficient (Wildman–Crippen LogP) is 4.62. The number of hydrogen-bond donors (Lipinski definition) is 2. The standard InChI is InChI=1S/C25H27N5OS/c1-16-11-22(24(31)28-13-19-9-10-23(17(2)26)27-12-19)18(3)30(16)14-21-15-32-25(29-21)20-7-5-4-6-8-20/h4-12,15,17H,13-14,26H2,1-3H3,(H,28,31)/t17-/m0/s1. The number of nitrogens with two attached hydrogens (primary N) is 1. The summed E-state index contributed by atoms with van der Waals surface area (Å²) >= 11 is 1.64. The lowest BCUT2D eigenvalue weighted by atomic mass is 10.2. The summed E-state index contributed by atoms with van der Waals surface area (Å²) in [6.45, 7) is 6.95. The molecule has 0 aliphatic carbocycles. The van der Waals surface area contributed by atoms with Gasteiger partial charge < -0.3 is 15.6 Å². The average Bonchev–Trinajstić information content (AvgIpc) is 3.38. The minimum Gasteiger partial charge on any atom is -0.348 e. The second kappa shape index (κ2) is 9.46. The summed E-state index contributed by atoms with van der Waals surface area (Å²) in [4.78, 5) is 22.0. The van der Waals surface area contributed by atoms with Crippen molar-refractivity contribution < 1.29 is 4.79 Å². The van der Waals surface area contributed by atoms with Crippen LogP contribution in [0.3, 0.4) is 0 Å². The van der Waals surface area contributed by atoms with E-state index < -0.39 is 0 Å². The van der Waals surface area contributed by atoms with Crippen LogP contribution >= 0.6 is 11.3 Å². The Kier molecular flexibility index (Phi) is 6.48. The zero-order chi connectivity index (χ0) is 22.7. The highest BCUT2D eigenvalue weighted by Crippen LogP contribution is 2.25. The van der Waals surface area contributed by atoms with E-state index in [-0.39, 0.29) is 11.9 Å². The lowest BCUT2D eigenvalue weighted by Crippen LogP contribution is -2.23. The third-order valence-corrected chi connectivity index (χ3v) is 6.42. The van der Waals surface area contributed by atoms with Crippen molar-refractivity contribution in [2.24, 2.45) is 5.73 Å². The predicted molar refractivity (Wildman–Crippen MR) is 129 cm³/mol. The molecule has 0 bridgehead atoms. The third kappa shape index (κ3) is 4.79. The maximum atomic E-state index is 12.8. The van der Waals surface area contributed by atoms with E-state index in [1.165, 1.54) is 0 Å². The maximum Gasteiger partial charge on any atom is 0.253 e. The van der Waals surface area contributed by atoms with Gasteiger partial charge in [0.2, 0.25) is 0 Å². The van der Waals surface area contributed by atoms with Crippen molar-refractivity contribution in [3.05, 3.63) is 94.0 Å². The fraction of sp³-hybridized carbons (Fsp3) is 0.240. The quantitative estimate of drug-likeness (QED) is 0.435. The summed E-state index contributed by atoms with van der Waals surface area (Å²) < 4.78 is 2.14. The lowest BCUT2D eigenvalue weighted by Gasteiger charge is -2.09. The van der Waals surface area contributed by atoms with Gasteiger partial charge in [-0.15, -0.1) is 11.3 Å². The number of nitrogens with one attached hydrogen (secondary N) is 1. The zero-order valence-corrected chi connectivity index (χ0v) is 19.3. The molecule has 0 spiro atoms. The molecule has 3 aromatic heterocycles. The highest BCUT2D eigenvalue weighted by Gasteiger charge is 2.17. The number of nitrogens with zero attached hydrogens (tertiary/aromatic N) is 3. The highest BCUT2D eigenvalue weighted by atomic mass is 32.1. The summed E-state index contributed by atoms with van der Waals surface area (Å²) in [5.41, 5.74) is 12.4. The molecule has 0 fully saturated rings. The zero-order valence-electron chi connectivity index (χ0n) is 18.5. The lowest BCUT2D eigenvalue weighted by molar-refractivity contribution is 0.0950. The van der Waals surface area contributed by atoms with Crippen LogP contribution in [-0.2, 0) is 13.1 Å². The van der Waals surface area contributed by atoms with Crippen LogP contribution in [0.2, 0.25) is 0 Å². The summed E-state index contributed by atoms with van der Waals surface area (Å²) in [6.07, 6.45) is 1.76. The largest absolute Gasteiger partial charge is 0.348 e. The van der Waals surface area contributed by atoms with Gasteiger partial charge in [-0.3, -0.25) is 9.78 Å². The van der Waals surface area contributed by atoms with Gasteiger partial charge in [-0.25, -0.2) is 4.98 Å². The van der Waals surface area contributed by atoms with E-state index >= 15 is 0 Å². The highest BCUT2D eigenvalue weighted by molar-refractivity contribution is 7.13. The summed E-state index contributed by atoms with van der Waals surface area (Å²) in [6, 6.07) is 15.8. The van der Waals surface area contributed by atoms with Gasteiger partial charge in [-0.2, -0.15) is 0 Å². The Morgan fingerprint density at radius 2 is 1.97 bits per heavy atom. The van der Waals surface area contributed by atoms with Gasteiger partial charge >= 0.3 is 0 Å². The minimum atomic E-state index is -0.106. The van der Waals surface area contributed by atoms with E-state index in [1.807, 2.05) is 57.2 Å². The van der Waals surface area contributed by atoms with Crippen LogP contribution in [0.25, 0.3) is 10.6 Å². The molecule has 6 nitrogen and oxygen atoms in total. The molecule has 0 unspecified atom stereocenters. The molecule has 3 heterocycles. The number of carbonyl (C=O) groups excluding carboxylic acids is 1. The van der Waals surface area contributed by atoms with Gasteiger partial charge in [0.05, 0.1) is 23.5 Å². The Morgan fingerprint density at radius 3 is 2.66 bits per heavy atom. The van der Waals surface area contributed by atoms with Crippen molar-refractivity contribution in [3.8, 4) is 10.6 Å². The second-order valence-corrected chi connectivity index (χ2v) is 8.80. The molecule has 0 radical (unpaired) electrons. The molecule has 0 saturated heterocycles. The molecule has 1 aromatic carbocycles. The first kappa shape index (κ1) is 21.9. The number of amides is 1. The number of hydrogen-bond acceptors (Lipinski definition) is 5. The smallest absolute Gasteiger partial charge is 0.253 e. The van der Waals surface area contributed by atoms with Crippen LogP contribution in [0.4, 0.5) is 0 Å². The van der Waals surface area contributed by atoms with Crippen LogP contribution in [0.5, 0.6) is 0 Å². The Balaban J connectivity index is 1.44. The number of benzene rings is 1. The van der Waals surface area contributed by atoms with Gasteiger partial charge in [0.25, 0.3) is 5.91 Å². The molecular formula is C25H27N5OS. The number of thiazole rings is 1. The molecule has 0 saturated carbocycles. The SMILES string of the molecule is Cc1cc(C(=O)NCc2ccc([C@H](C)N)nc2)c(C)n1Cc1csc(-c2ccccc2)n1. The number of aryl methyl sites for hydroxylation is 1. The second-order valence-electron chi connectivity index (χ2n) is 7.94. The number of pyridine rings is 1. The Hall–Kier alpha value is -3.29. The average molecular weight is 446 g/mol. The van der Waals surface area contributed by atoms with Crippen molar-refractivity contribution in [3.63, 3.8) is 0 Å². The topological polar surface area (TPSA) is 85.8 Å². The fourth-order valence-electron chi connectivity index (χ4n) is 3.62. The molecule has 1 amide bonds.